The summed E-state index contributed by atoms with van der Waals surface area (Å²) < 4.78 is 23.2. The highest BCUT2D eigenvalue weighted by Crippen LogP contribution is 2.42. The summed E-state index contributed by atoms with van der Waals surface area (Å²) in [5, 5.41) is 3.43. The summed E-state index contributed by atoms with van der Waals surface area (Å²) in [6, 6.07) is 1.65. The highest BCUT2D eigenvalue weighted by molar-refractivity contribution is 6.06. The normalized spacial score (nSPS) is 11.2. The third-order valence-corrected chi connectivity index (χ3v) is 3.94. The third-order valence-electron chi connectivity index (χ3n) is 3.94. The summed E-state index contributed by atoms with van der Waals surface area (Å²) in [7, 11) is 4.88. The molecule has 28 heavy (non-hydrogen) atoms. The van der Waals surface area contributed by atoms with Crippen molar-refractivity contribution in [3.63, 3.8) is 0 Å². The minimum atomic E-state index is -0.649. The van der Waals surface area contributed by atoms with Gasteiger partial charge in [-0.25, -0.2) is 4.79 Å². The third kappa shape index (κ3) is 4.68. The van der Waals surface area contributed by atoms with Gasteiger partial charge in [-0.1, -0.05) is 0 Å². The standard InChI is InChI=1S/C20H28N2O6/c1-8-27-15(23)9-12-11-22(5)17-16(12)13(10-14(25-6)18(17)26-7)21-19(24)28-20(2,3)4/h10-11H,8-9H2,1-7H3,(H,21,24). The smallest absolute Gasteiger partial charge is 0.412 e. The molecule has 0 aliphatic heterocycles. The number of nitrogens with zero attached hydrogens (tertiary/aromatic N) is 1. The molecular formula is C20H28N2O6. The summed E-state index contributed by atoms with van der Waals surface area (Å²) in [5.74, 6) is 0.600. The second-order valence-corrected chi connectivity index (χ2v) is 7.26. The fourth-order valence-electron chi connectivity index (χ4n) is 3.01. The van der Waals surface area contributed by atoms with Crippen molar-refractivity contribution in [3.05, 3.63) is 17.8 Å². The number of benzene rings is 1. The maximum absolute atomic E-state index is 12.4. The SMILES string of the molecule is CCOC(=O)Cc1cn(C)c2c(OC)c(OC)cc(NC(=O)OC(C)(C)C)c12. The Hall–Kier alpha value is -2.90. The molecular weight excluding hydrogens is 364 g/mol. The van der Waals surface area contributed by atoms with Crippen LogP contribution in [0.4, 0.5) is 10.5 Å². The van der Waals surface area contributed by atoms with Crippen LogP contribution in [-0.4, -0.2) is 43.1 Å². The predicted molar refractivity (Wildman–Crippen MR) is 106 cm³/mol. The molecule has 2 rings (SSSR count). The molecule has 154 valence electrons. The number of nitrogens with one attached hydrogen (secondary N) is 1. The lowest BCUT2D eigenvalue weighted by Crippen LogP contribution is -2.27. The molecule has 8 nitrogen and oxygen atoms in total. The fourth-order valence-corrected chi connectivity index (χ4v) is 3.01. The number of hydrogen-bond acceptors (Lipinski definition) is 6. The van der Waals surface area contributed by atoms with Crippen molar-refractivity contribution in [1.82, 2.24) is 4.57 Å². The summed E-state index contributed by atoms with van der Waals surface area (Å²) in [4.78, 5) is 24.4. The zero-order valence-electron chi connectivity index (χ0n) is 17.5. The number of ether oxygens (including phenoxy) is 4. The second kappa shape index (κ2) is 8.41. The van der Waals surface area contributed by atoms with E-state index >= 15 is 0 Å². The molecule has 1 N–H and O–H groups in total. The van der Waals surface area contributed by atoms with Gasteiger partial charge in [0.25, 0.3) is 0 Å². The summed E-state index contributed by atoms with van der Waals surface area (Å²) in [6.45, 7) is 7.40. The van der Waals surface area contributed by atoms with Crippen molar-refractivity contribution in [1.29, 1.82) is 0 Å². The molecule has 0 bridgehead atoms. The number of rotatable bonds is 6. The predicted octanol–water partition coefficient (Wildman–Crippen LogP) is 3.65. The van der Waals surface area contributed by atoms with Gasteiger partial charge in [0, 0.05) is 24.7 Å². The molecule has 0 saturated heterocycles. The van der Waals surface area contributed by atoms with E-state index in [0.29, 0.717) is 40.3 Å². The molecule has 2 aromatic rings. The van der Waals surface area contributed by atoms with Crippen molar-refractivity contribution in [2.45, 2.75) is 39.7 Å². The van der Waals surface area contributed by atoms with Crippen molar-refractivity contribution >= 4 is 28.7 Å². The highest BCUT2D eigenvalue weighted by Gasteiger charge is 2.24. The summed E-state index contributed by atoms with van der Waals surface area (Å²) in [5.41, 5.74) is 1.20. The lowest BCUT2D eigenvalue weighted by atomic mass is 10.1. The van der Waals surface area contributed by atoms with Crippen LogP contribution in [0, 0.1) is 0 Å². The first kappa shape index (κ1) is 21.4. The van der Waals surface area contributed by atoms with Crippen LogP contribution < -0.4 is 14.8 Å². The zero-order valence-corrected chi connectivity index (χ0v) is 17.5. The first-order chi connectivity index (χ1) is 13.1. The number of anilines is 1. The number of hydrogen-bond donors (Lipinski definition) is 1. The molecule has 0 atom stereocenters. The number of aryl methyl sites for hydroxylation is 1. The molecule has 0 unspecified atom stereocenters. The molecule has 0 aliphatic carbocycles. The van der Waals surface area contributed by atoms with Gasteiger partial charge < -0.3 is 23.5 Å². The second-order valence-electron chi connectivity index (χ2n) is 7.26. The van der Waals surface area contributed by atoms with Gasteiger partial charge in [-0.15, -0.1) is 0 Å². The van der Waals surface area contributed by atoms with Crippen LogP contribution >= 0.6 is 0 Å². The average molecular weight is 392 g/mol. The lowest BCUT2D eigenvalue weighted by molar-refractivity contribution is -0.142. The lowest BCUT2D eigenvalue weighted by Gasteiger charge is -2.21. The van der Waals surface area contributed by atoms with E-state index in [2.05, 4.69) is 5.32 Å². The van der Waals surface area contributed by atoms with Gasteiger partial charge in [-0.05, 0) is 33.3 Å². The molecule has 0 saturated carbocycles. The molecule has 0 radical (unpaired) electrons. The van der Waals surface area contributed by atoms with Crippen LogP contribution in [0.5, 0.6) is 11.5 Å². The van der Waals surface area contributed by atoms with Crippen molar-refractivity contribution < 1.29 is 28.5 Å². The van der Waals surface area contributed by atoms with Gasteiger partial charge in [-0.2, -0.15) is 0 Å². The van der Waals surface area contributed by atoms with Crippen molar-refractivity contribution in [3.8, 4) is 11.5 Å². The maximum atomic E-state index is 12.4. The van der Waals surface area contributed by atoms with Gasteiger partial charge in [0.15, 0.2) is 11.5 Å². The molecule has 1 aromatic heterocycles. The van der Waals surface area contributed by atoms with E-state index in [-0.39, 0.29) is 12.4 Å². The van der Waals surface area contributed by atoms with E-state index in [4.69, 9.17) is 18.9 Å². The number of amides is 1. The fraction of sp³-hybridized carbons (Fsp3) is 0.500. The summed E-state index contributed by atoms with van der Waals surface area (Å²) >= 11 is 0. The molecule has 1 heterocycles. The van der Waals surface area contributed by atoms with Crippen LogP contribution in [0.25, 0.3) is 10.9 Å². The van der Waals surface area contributed by atoms with E-state index in [1.54, 1.807) is 33.8 Å². The number of methoxy groups -OCH3 is 2. The first-order valence-electron chi connectivity index (χ1n) is 8.99. The Balaban J connectivity index is 2.62. The Labute approximate surface area is 164 Å². The highest BCUT2D eigenvalue weighted by atomic mass is 16.6. The maximum Gasteiger partial charge on any atom is 0.412 e. The van der Waals surface area contributed by atoms with Gasteiger partial charge in [0.2, 0.25) is 0 Å². The number of carbonyl (C=O) groups excluding carboxylic acids is 2. The number of esters is 1. The molecule has 1 aromatic carbocycles. The quantitative estimate of drug-likeness (QED) is 0.755. The Morgan fingerprint density at radius 3 is 2.39 bits per heavy atom. The van der Waals surface area contributed by atoms with Crippen LogP contribution in [0.3, 0.4) is 0 Å². The average Bonchev–Trinajstić information content (AvgIpc) is 2.89. The summed E-state index contributed by atoms with van der Waals surface area (Å²) in [6.07, 6.45) is 1.26. The Morgan fingerprint density at radius 1 is 1.18 bits per heavy atom. The Kier molecular flexibility index (Phi) is 6.43. The number of fused-ring (bicyclic) bond motifs is 1. The Morgan fingerprint density at radius 2 is 1.86 bits per heavy atom. The zero-order chi connectivity index (χ0) is 21.1. The van der Waals surface area contributed by atoms with Crippen molar-refractivity contribution in [2.24, 2.45) is 7.05 Å². The minimum absolute atomic E-state index is 0.0592. The van der Waals surface area contributed by atoms with Crippen LogP contribution in [-0.2, 0) is 27.7 Å². The topological polar surface area (TPSA) is 88.0 Å². The van der Waals surface area contributed by atoms with E-state index in [9.17, 15) is 9.59 Å². The molecule has 1 amide bonds. The largest absolute Gasteiger partial charge is 0.493 e. The van der Waals surface area contributed by atoms with Gasteiger partial charge in [-0.3, -0.25) is 10.1 Å². The minimum Gasteiger partial charge on any atom is -0.493 e. The van der Waals surface area contributed by atoms with Crippen LogP contribution in [0.15, 0.2) is 12.3 Å². The van der Waals surface area contributed by atoms with Crippen LogP contribution in [0.1, 0.15) is 33.3 Å². The van der Waals surface area contributed by atoms with Crippen molar-refractivity contribution in [2.75, 3.05) is 26.1 Å². The molecule has 0 aliphatic rings. The van der Waals surface area contributed by atoms with Gasteiger partial charge >= 0.3 is 12.1 Å². The molecule has 0 spiro atoms. The monoisotopic (exact) mass is 392 g/mol. The molecule has 0 fully saturated rings. The van der Waals surface area contributed by atoms with Gasteiger partial charge in [0.1, 0.15) is 5.60 Å². The Bertz CT molecular complexity index is 879. The van der Waals surface area contributed by atoms with E-state index < -0.39 is 11.7 Å². The van der Waals surface area contributed by atoms with E-state index in [0.717, 1.165) is 0 Å². The van der Waals surface area contributed by atoms with Gasteiger partial charge in [0.05, 0.1) is 38.5 Å². The number of carbonyl (C=O) groups is 2. The van der Waals surface area contributed by atoms with E-state index in [1.165, 1.54) is 14.2 Å². The first-order valence-corrected chi connectivity index (χ1v) is 8.99. The van der Waals surface area contributed by atoms with Crippen LogP contribution in [0.2, 0.25) is 0 Å². The van der Waals surface area contributed by atoms with E-state index in [1.807, 2.05) is 17.8 Å². The molecule has 8 heteroatoms. The number of aromatic nitrogens is 1.